The van der Waals surface area contributed by atoms with Crippen LogP contribution in [0.1, 0.15) is 5.69 Å². The molecule has 0 saturated heterocycles. The molecule has 10 heteroatoms. The zero-order chi connectivity index (χ0) is 19.8. The van der Waals surface area contributed by atoms with Gasteiger partial charge in [-0.15, -0.1) is 0 Å². The second-order valence-corrected chi connectivity index (χ2v) is 9.68. The largest absolute Gasteiger partial charge is 0.443 e. The number of aromatic amines is 1. The molecular weight excluding hydrogens is 402 g/mol. The van der Waals surface area contributed by atoms with Crippen molar-refractivity contribution in [1.29, 1.82) is 0 Å². The number of hydrogen-bond donors (Lipinski definition) is 2. The first-order valence-corrected chi connectivity index (χ1v) is 11.3. The highest BCUT2D eigenvalue weighted by Crippen LogP contribution is 2.25. The lowest BCUT2D eigenvalue weighted by Crippen LogP contribution is -2.13. The minimum Gasteiger partial charge on any atom is -0.443 e. The molecule has 2 aromatic heterocycles. The zero-order valence-electron chi connectivity index (χ0n) is 14.4. The third-order valence-corrected chi connectivity index (χ3v) is 6.91. The number of nitrogens with zero attached hydrogens (tertiary/aromatic N) is 1. The highest BCUT2D eigenvalue weighted by Gasteiger charge is 2.21. The lowest BCUT2D eigenvalue weighted by atomic mass is 10.3. The average Bonchev–Trinajstić information content (AvgIpc) is 3.31. The molecule has 0 amide bonds. The van der Waals surface area contributed by atoms with Crippen LogP contribution in [0.5, 0.6) is 0 Å². The number of H-pyrrole nitrogens is 1. The van der Waals surface area contributed by atoms with Crippen LogP contribution in [0, 0.1) is 0 Å². The van der Waals surface area contributed by atoms with Crippen molar-refractivity contribution in [3.63, 3.8) is 0 Å². The van der Waals surface area contributed by atoms with E-state index in [9.17, 15) is 16.8 Å². The molecular formula is C18H15N3O5S2. The van der Waals surface area contributed by atoms with E-state index in [0.717, 1.165) is 0 Å². The molecule has 0 bridgehead atoms. The van der Waals surface area contributed by atoms with Crippen molar-refractivity contribution >= 4 is 36.5 Å². The van der Waals surface area contributed by atoms with Crippen molar-refractivity contribution in [2.45, 2.75) is 15.7 Å². The summed E-state index contributed by atoms with van der Waals surface area (Å²) in [6, 6.07) is 13.9. The fraction of sp³-hybridized carbons (Fsp3) is 0.0556. The van der Waals surface area contributed by atoms with E-state index >= 15 is 0 Å². The number of benzene rings is 2. The molecule has 2 heterocycles. The Morgan fingerprint density at radius 1 is 1.00 bits per heavy atom. The van der Waals surface area contributed by atoms with Gasteiger partial charge in [-0.1, -0.05) is 24.3 Å². The summed E-state index contributed by atoms with van der Waals surface area (Å²) in [6.45, 7) is 0. The number of imidazole rings is 1. The quantitative estimate of drug-likeness (QED) is 0.497. The van der Waals surface area contributed by atoms with Gasteiger partial charge in [0.15, 0.2) is 9.84 Å². The van der Waals surface area contributed by atoms with Gasteiger partial charge in [0.25, 0.3) is 10.0 Å². The highest BCUT2D eigenvalue weighted by molar-refractivity contribution is 7.92. The van der Waals surface area contributed by atoms with Gasteiger partial charge in [-0.3, -0.25) is 4.72 Å². The normalized spacial score (nSPS) is 12.3. The lowest BCUT2D eigenvalue weighted by molar-refractivity contribution is 0.484. The summed E-state index contributed by atoms with van der Waals surface area (Å²) in [5.41, 5.74) is 0.998. The van der Waals surface area contributed by atoms with Crippen LogP contribution in [0.2, 0.25) is 0 Å². The predicted molar refractivity (Wildman–Crippen MR) is 103 cm³/mol. The van der Waals surface area contributed by atoms with E-state index < -0.39 is 19.9 Å². The summed E-state index contributed by atoms with van der Waals surface area (Å²) in [5.74, 6) is -0.271. The van der Waals surface area contributed by atoms with Gasteiger partial charge < -0.3 is 9.40 Å². The first-order valence-electron chi connectivity index (χ1n) is 8.15. The number of sulfone groups is 1. The van der Waals surface area contributed by atoms with Crippen LogP contribution in [0.15, 0.2) is 81.5 Å². The van der Waals surface area contributed by atoms with Crippen molar-refractivity contribution in [3.8, 4) is 0 Å². The van der Waals surface area contributed by atoms with Crippen LogP contribution in [-0.4, -0.2) is 26.8 Å². The van der Waals surface area contributed by atoms with Crippen molar-refractivity contribution in [2.75, 3.05) is 4.72 Å². The predicted octanol–water partition coefficient (Wildman–Crippen LogP) is 2.93. The molecule has 2 aromatic carbocycles. The first kappa shape index (κ1) is 18.3. The van der Waals surface area contributed by atoms with Crippen molar-refractivity contribution in [3.05, 3.63) is 72.8 Å². The number of sulfonamides is 1. The molecule has 28 heavy (non-hydrogen) atoms. The summed E-state index contributed by atoms with van der Waals surface area (Å²) >= 11 is 0. The molecule has 0 unspecified atom stereocenters. The Bertz CT molecular complexity index is 1310. The molecule has 144 valence electrons. The minimum atomic E-state index is -4.02. The van der Waals surface area contributed by atoms with Crippen LogP contribution in [0.3, 0.4) is 0 Å². The third-order valence-electron chi connectivity index (χ3n) is 4.01. The maximum atomic E-state index is 12.6. The average molecular weight is 417 g/mol. The molecule has 4 rings (SSSR count). The number of rotatable bonds is 6. The van der Waals surface area contributed by atoms with E-state index in [-0.39, 0.29) is 21.4 Å². The maximum absolute atomic E-state index is 12.6. The van der Waals surface area contributed by atoms with Crippen LogP contribution < -0.4 is 4.72 Å². The van der Waals surface area contributed by atoms with Crippen LogP contribution >= 0.6 is 0 Å². The maximum Gasteiger partial charge on any atom is 0.295 e. The molecule has 0 atom stereocenters. The van der Waals surface area contributed by atoms with E-state index in [0.29, 0.717) is 16.7 Å². The van der Waals surface area contributed by atoms with Gasteiger partial charge in [0.05, 0.1) is 28.4 Å². The summed E-state index contributed by atoms with van der Waals surface area (Å²) < 4.78 is 58.1. The fourth-order valence-corrected chi connectivity index (χ4v) is 5.05. The van der Waals surface area contributed by atoms with Crippen molar-refractivity contribution in [1.82, 2.24) is 9.97 Å². The van der Waals surface area contributed by atoms with Crippen LogP contribution in [0.25, 0.3) is 11.0 Å². The minimum absolute atomic E-state index is 0.00749. The van der Waals surface area contributed by atoms with Crippen LogP contribution in [0.4, 0.5) is 5.69 Å². The Kier molecular flexibility index (Phi) is 4.44. The highest BCUT2D eigenvalue weighted by atomic mass is 32.2. The van der Waals surface area contributed by atoms with Gasteiger partial charge in [0.2, 0.25) is 5.09 Å². The second-order valence-electron chi connectivity index (χ2n) is 6.07. The Labute approximate surface area is 161 Å². The van der Waals surface area contributed by atoms with E-state index in [1.54, 1.807) is 24.3 Å². The first-order chi connectivity index (χ1) is 13.3. The molecule has 2 N–H and O–H groups in total. The zero-order valence-corrected chi connectivity index (χ0v) is 16.0. The summed E-state index contributed by atoms with van der Waals surface area (Å²) in [6.07, 6.45) is 2.81. The molecule has 0 spiro atoms. The molecule has 0 aliphatic heterocycles. The molecule has 0 fully saturated rings. The Hall–Kier alpha value is -3.11. The van der Waals surface area contributed by atoms with Gasteiger partial charge in [0, 0.05) is 17.6 Å². The Morgan fingerprint density at radius 2 is 1.82 bits per heavy atom. The molecule has 0 saturated carbocycles. The molecule has 0 radical (unpaired) electrons. The molecule has 8 nitrogen and oxygen atoms in total. The topological polar surface area (TPSA) is 122 Å². The lowest BCUT2D eigenvalue weighted by Gasteiger charge is -2.08. The third kappa shape index (κ3) is 3.64. The molecule has 4 aromatic rings. The number of furan rings is 1. The van der Waals surface area contributed by atoms with E-state index in [2.05, 4.69) is 14.7 Å². The van der Waals surface area contributed by atoms with Crippen LogP contribution in [-0.2, 0) is 25.6 Å². The summed E-state index contributed by atoms with van der Waals surface area (Å²) in [7, 11) is -7.69. The number of nitrogens with one attached hydrogen (secondary N) is 2. The fourth-order valence-electron chi connectivity index (χ4n) is 2.70. The number of anilines is 1. The van der Waals surface area contributed by atoms with Crippen molar-refractivity contribution < 1.29 is 21.3 Å². The van der Waals surface area contributed by atoms with E-state index in [1.165, 1.54) is 42.9 Å². The molecule has 0 aliphatic carbocycles. The Balaban J connectivity index is 1.62. The standard InChI is InChI=1S/C18H15N3O5S2/c22-27(23,11-15-10-19-12-20-15)16-6-3-5-14(9-16)21-28(24,25)18-8-13-4-1-2-7-17(13)26-18/h1-10,12,21H,11H2,(H,19,20). The van der Waals surface area contributed by atoms with Gasteiger partial charge in [-0.05, 0) is 24.3 Å². The van der Waals surface area contributed by atoms with E-state index in [4.69, 9.17) is 4.42 Å². The summed E-state index contributed by atoms with van der Waals surface area (Å²) in [4.78, 5) is 6.52. The molecule has 0 aliphatic rings. The van der Waals surface area contributed by atoms with E-state index in [1.807, 2.05) is 0 Å². The number of fused-ring (bicyclic) bond motifs is 1. The number of hydrogen-bond acceptors (Lipinski definition) is 6. The van der Waals surface area contributed by atoms with Gasteiger partial charge >= 0.3 is 0 Å². The monoisotopic (exact) mass is 417 g/mol. The SMILES string of the molecule is O=S(=O)(Cc1cnc[nH]1)c1cccc(NS(=O)(=O)c2cc3ccccc3o2)c1. The number of aromatic nitrogens is 2. The van der Waals surface area contributed by atoms with Gasteiger partial charge in [-0.25, -0.2) is 13.4 Å². The Morgan fingerprint density at radius 3 is 2.57 bits per heavy atom. The van der Waals surface area contributed by atoms with Gasteiger partial charge in [0.1, 0.15) is 5.58 Å². The summed E-state index contributed by atoms with van der Waals surface area (Å²) in [5, 5.41) is 0.401. The number of para-hydroxylation sites is 1. The second kappa shape index (κ2) is 6.80. The van der Waals surface area contributed by atoms with Gasteiger partial charge in [-0.2, -0.15) is 8.42 Å². The van der Waals surface area contributed by atoms with Crippen molar-refractivity contribution in [2.24, 2.45) is 0 Å². The smallest absolute Gasteiger partial charge is 0.295 e.